The van der Waals surface area contributed by atoms with Gasteiger partial charge in [-0.05, 0) is 31.0 Å². The molecule has 1 fully saturated rings. The largest absolute Gasteiger partial charge is 0.349 e. The highest BCUT2D eigenvalue weighted by Crippen LogP contribution is 2.35. The van der Waals surface area contributed by atoms with Gasteiger partial charge in [0, 0.05) is 16.1 Å². The Hall–Kier alpha value is -2.37. The van der Waals surface area contributed by atoms with Crippen molar-refractivity contribution in [3.8, 4) is 0 Å². The molecule has 0 radical (unpaired) electrons. The van der Waals surface area contributed by atoms with Gasteiger partial charge in [0.15, 0.2) is 0 Å². The van der Waals surface area contributed by atoms with Gasteiger partial charge in [-0.1, -0.05) is 54.8 Å². The van der Waals surface area contributed by atoms with E-state index in [2.05, 4.69) is 10.6 Å². The lowest BCUT2D eigenvalue weighted by atomic mass is 10.1. The molecule has 1 aliphatic carbocycles. The lowest BCUT2D eigenvalue weighted by molar-refractivity contribution is 0.0939. The normalized spacial score (nSPS) is 14.4. The predicted molar refractivity (Wildman–Crippen MR) is 111 cm³/mol. The molecule has 0 atom stereocenters. The number of hydrogen-bond donors (Lipinski definition) is 2. The first-order valence-corrected chi connectivity index (χ1v) is 10.2. The van der Waals surface area contributed by atoms with Crippen molar-refractivity contribution < 1.29 is 9.59 Å². The first-order valence-electron chi connectivity index (χ1n) is 9.02. The third-order valence-electron chi connectivity index (χ3n) is 4.85. The molecule has 1 aliphatic rings. The molecule has 138 valence electrons. The molecule has 2 aromatic carbocycles. The van der Waals surface area contributed by atoms with Crippen molar-refractivity contribution in [2.45, 2.75) is 31.7 Å². The Morgan fingerprint density at radius 3 is 2.44 bits per heavy atom. The van der Waals surface area contributed by atoms with Gasteiger partial charge in [-0.2, -0.15) is 0 Å². The first kappa shape index (κ1) is 18.0. The number of carbonyl (C=O) groups excluding carboxylic acids is 2. The third-order valence-corrected chi connectivity index (χ3v) is 6.53. The SMILES string of the molecule is O=C(NC1CCCC1)c1ccccc1NC(=O)c1sc2ccccc2c1Cl. The summed E-state index contributed by atoms with van der Waals surface area (Å²) < 4.78 is 0.958. The van der Waals surface area contributed by atoms with E-state index in [0.717, 1.165) is 35.8 Å². The minimum absolute atomic E-state index is 0.153. The summed E-state index contributed by atoms with van der Waals surface area (Å²) in [5.41, 5.74) is 0.960. The van der Waals surface area contributed by atoms with Crippen LogP contribution in [0.5, 0.6) is 0 Å². The Labute approximate surface area is 166 Å². The highest BCUT2D eigenvalue weighted by molar-refractivity contribution is 7.21. The number of para-hydroxylation sites is 1. The van der Waals surface area contributed by atoms with E-state index in [1.807, 2.05) is 24.3 Å². The summed E-state index contributed by atoms with van der Waals surface area (Å²) in [6.07, 6.45) is 4.32. The van der Waals surface area contributed by atoms with E-state index in [1.165, 1.54) is 11.3 Å². The smallest absolute Gasteiger partial charge is 0.267 e. The van der Waals surface area contributed by atoms with Crippen LogP contribution in [0, 0.1) is 0 Å². The Bertz CT molecular complexity index is 1010. The monoisotopic (exact) mass is 398 g/mol. The fraction of sp³-hybridized carbons (Fsp3) is 0.238. The molecule has 0 unspecified atom stereocenters. The van der Waals surface area contributed by atoms with Crippen LogP contribution in [0.4, 0.5) is 5.69 Å². The van der Waals surface area contributed by atoms with Crippen LogP contribution in [-0.2, 0) is 0 Å². The highest BCUT2D eigenvalue weighted by Gasteiger charge is 2.22. The number of carbonyl (C=O) groups is 2. The van der Waals surface area contributed by atoms with Crippen LogP contribution in [0.25, 0.3) is 10.1 Å². The molecule has 4 rings (SSSR count). The minimum Gasteiger partial charge on any atom is -0.349 e. The zero-order valence-corrected chi connectivity index (χ0v) is 16.2. The van der Waals surface area contributed by atoms with Crippen LogP contribution >= 0.6 is 22.9 Å². The Morgan fingerprint density at radius 2 is 1.67 bits per heavy atom. The van der Waals surface area contributed by atoms with Crippen molar-refractivity contribution in [3.63, 3.8) is 0 Å². The lowest BCUT2D eigenvalue weighted by Crippen LogP contribution is -2.33. The molecular weight excluding hydrogens is 380 g/mol. The van der Waals surface area contributed by atoms with Gasteiger partial charge >= 0.3 is 0 Å². The van der Waals surface area contributed by atoms with E-state index in [0.29, 0.717) is 21.2 Å². The fourth-order valence-corrected chi connectivity index (χ4v) is 4.87. The van der Waals surface area contributed by atoms with Gasteiger partial charge in [-0.3, -0.25) is 9.59 Å². The zero-order chi connectivity index (χ0) is 18.8. The van der Waals surface area contributed by atoms with E-state index in [1.54, 1.807) is 24.3 Å². The van der Waals surface area contributed by atoms with Gasteiger partial charge in [-0.25, -0.2) is 0 Å². The van der Waals surface area contributed by atoms with Gasteiger partial charge in [0.05, 0.1) is 16.3 Å². The second-order valence-electron chi connectivity index (χ2n) is 6.70. The molecule has 3 aromatic rings. The summed E-state index contributed by atoms with van der Waals surface area (Å²) in [5.74, 6) is -0.456. The summed E-state index contributed by atoms with van der Waals surface area (Å²) in [6.45, 7) is 0. The van der Waals surface area contributed by atoms with Gasteiger partial charge in [-0.15, -0.1) is 11.3 Å². The number of benzene rings is 2. The summed E-state index contributed by atoms with van der Waals surface area (Å²) in [4.78, 5) is 25.9. The average molecular weight is 399 g/mol. The van der Waals surface area contributed by atoms with Crippen LogP contribution in [0.3, 0.4) is 0 Å². The number of rotatable bonds is 4. The molecule has 2 amide bonds. The van der Waals surface area contributed by atoms with Gasteiger partial charge in [0.2, 0.25) is 0 Å². The maximum absolute atomic E-state index is 12.8. The maximum Gasteiger partial charge on any atom is 0.267 e. The van der Waals surface area contributed by atoms with Gasteiger partial charge in [0.1, 0.15) is 4.88 Å². The summed E-state index contributed by atoms with van der Waals surface area (Å²) in [5, 5.41) is 7.24. The molecule has 27 heavy (non-hydrogen) atoms. The van der Waals surface area contributed by atoms with E-state index in [4.69, 9.17) is 11.6 Å². The maximum atomic E-state index is 12.8. The Balaban J connectivity index is 1.57. The van der Waals surface area contributed by atoms with Crippen molar-refractivity contribution in [1.29, 1.82) is 0 Å². The topological polar surface area (TPSA) is 58.2 Å². The molecular formula is C21H19ClN2O2S. The number of thiophene rings is 1. The lowest BCUT2D eigenvalue weighted by Gasteiger charge is -2.14. The summed E-state index contributed by atoms with van der Waals surface area (Å²) in [7, 11) is 0. The molecule has 4 nitrogen and oxygen atoms in total. The van der Waals surface area contributed by atoms with Gasteiger partial charge in [0.25, 0.3) is 11.8 Å². The number of nitrogens with one attached hydrogen (secondary N) is 2. The molecule has 0 saturated heterocycles. The number of anilines is 1. The van der Waals surface area contributed by atoms with E-state index < -0.39 is 0 Å². The third kappa shape index (κ3) is 3.70. The van der Waals surface area contributed by atoms with Crippen LogP contribution in [0.1, 0.15) is 45.7 Å². The summed E-state index contributed by atoms with van der Waals surface area (Å²) in [6, 6.07) is 14.9. The van der Waals surface area contributed by atoms with Crippen molar-refractivity contribution in [2.75, 3.05) is 5.32 Å². The highest BCUT2D eigenvalue weighted by atomic mass is 35.5. The zero-order valence-electron chi connectivity index (χ0n) is 14.6. The van der Waals surface area contributed by atoms with Crippen molar-refractivity contribution in [3.05, 3.63) is 64.0 Å². The van der Waals surface area contributed by atoms with Crippen LogP contribution in [0.2, 0.25) is 5.02 Å². The molecule has 1 saturated carbocycles. The summed E-state index contributed by atoms with van der Waals surface area (Å²) >= 11 is 7.75. The van der Waals surface area contributed by atoms with Crippen LogP contribution in [0.15, 0.2) is 48.5 Å². The van der Waals surface area contributed by atoms with Crippen LogP contribution < -0.4 is 10.6 Å². The Morgan fingerprint density at radius 1 is 0.963 bits per heavy atom. The fourth-order valence-electron chi connectivity index (χ4n) is 3.46. The quantitative estimate of drug-likeness (QED) is 0.611. The molecule has 0 bridgehead atoms. The Kier molecular flexibility index (Phi) is 5.14. The standard InChI is InChI=1S/C21H19ClN2O2S/c22-18-15-10-4-6-12-17(15)27-19(18)21(26)24-16-11-5-3-9-14(16)20(25)23-13-7-1-2-8-13/h3-6,9-13H,1-2,7-8H2,(H,23,25)(H,24,26). The number of halogens is 1. The minimum atomic E-state index is -0.303. The van der Waals surface area contributed by atoms with Crippen molar-refractivity contribution >= 4 is 50.5 Å². The number of hydrogen-bond acceptors (Lipinski definition) is 3. The molecule has 2 N–H and O–H groups in total. The molecule has 0 aliphatic heterocycles. The van der Waals surface area contributed by atoms with E-state index >= 15 is 0 Å². The predicted octanol–water partition coefficient (Wildman–Crippen LogP) is 5.48. The van der Waals surface area contributed by atoms with E-state index in [-0.39, 0.29) is 17.9 Å². The van der Waals surface area contributed by atoms with Gasteiger partial charge < -0.3 is 10.6 Å². The van der Waals surface area contributed by atoms with Crippen molar-refractivity contribution in [2.24, 2.45) is 0 Å². The second kappa shape index (κ2) is 7.71. The second-order valence-corrected chi connectivity index (χ2v) is 8.13. The number of amides is 2. The van der Waals surface area contributed by atoms with E-state index in [9.17, 15) is 9.59 Å². The van der Waals surface area contributed by atoms with Crippen molar-refractivity contribution in [1.82, 2.24) is 5.32 Å². The average Bonchev–Trinajstić information content (AvgIpc) is 3.30. The molecule has 6 heteroatoms. The molecule has 0 spiro atoms. The molecule has 1 heterocycles. The molecule has 1 aromatic heterocycles. The number of fused-ring (bicyclic) bond motifs is 1. The van der Waals surface area contributed by atoms with Crippen LogP contribution in [-0.4, -0.2) is 17.9 Å². The first-order chi connectivity index (χ1) is 13.1.